The van der Waals surface area contributed by atoms with Gasteiger partial charge in [0, 0.05) is 25.4 Å². The molecule has 1 heterocycles. The fourth-order valence-electron chi connectivity index (χ4n) is 4.06. The largest absolute Gasteiger partial charge is 0.480 e. The van der Waals surface area contributed by atoms with E-state index in [0.717, 1.165) is 5.56 Å². The third-order valence-corrected chi connectivity index (χ3v) is 5.77. The van der Waals surface area contributed by atoms with Gasteiger partial charge in [-0.05, 0) is 51.5 Å². The fourth-order valence-corrected chi connectivity index (χ4v) is 4.06. The minimum atomic E-state index is -1.08. The molecule has 3 amide bonds. The summed E-state index contributed by atoms with van der Waals surface area (Å²) in [6.45, 7) is 9.95. The molecular weight excluding hydrogens is 450 g/mol. The normalized spacial score (nSPS) is 16.3. The molecule has 194 valence electrons. The van der Waals surface area contributed by atoms with E-state index in [1.54, 1.807) is 25.7 Å². The quantitative estimate of drug-likeness (QED) is 0.490. The van der Waals surface area contributed by atoms with Crippen molar-refractivity contribution in [2.45, 2.75) is 78.0 Å². The van der Waals surface area contributed by atoms with Crippen molar-refractivity contribution in [1.29, 1.82) is 0 Å². The van der Waals surface area contributed by atoms with E-state index in [9.17, 15) is 24.3 Å². The summed E-state index contributed by atoms with van der Waals surface area (Å²) in [5.41, 5.74) is 0.157. The maximum absolute atomic E-state index is 13.2. The number of amides is 3. The number of carbonyl (C=O) groups excluding carboxylic acids is 3. The molecule has 1 saturated heterocycles. The molecule has 0 bridgehead atoms. The first kappa shape index (κ1) is 28.1. The van der Waals surface area contributed by atoms with Crippen molar-refractivity contribution < 1.29 is 29.0 Å². The molecule has 0 unspecified atom stereocenters. The average Bonchev–Trinajstić information content (AvgIpc) is 2.76. The first-order chi connectivity index (χ1) is 16.4. The van der Waals surface area contributed by atoms with E-state index < -0.39 is 29.7 Å². The molecule has 0 aliphatic carbocycles. The molecule has 0 saturated carbocycles. The summed E-state index contributed by atoms with van der Waals surface area (Å²) in [4.78, 5) is 51.6. The van der Waals surface area contributed by atoms with Crippen LogP contribution >= 0.6 is 0 Å². The molecule has 2 rings (SSSR count). The molecule has 1 aliphatic heterocycles. The topological polar surface area (TPSA) is 125 Å². The van der Waals surface area contributed by atoms with Gasteiger partial charge in [0.1, 0.15) is 17.7 Å². The Bertz CT molecular complexity index is 873. The molecule has 0 radical (unpaired) electrons. The lowest BCUT2D eigenvalue weighted by atomic mass is 9.94. The van der Waals surface area contributed by atoms with Crippen molar-refractivity contribution in [2.75, 3.05) is 13.1 Å². The van der Waals surface area contributed by atoms with Crippen molar-refractivity contribution in [3.05, 3.63) is 35.9 Å². The van der Waals surface area contributed by atoms with E-state index in [2.05, 4.69) is 10.6 Å². The van der Waals surface area contributed by atoms with Gasteiger partial charge in [-0.1, -0.05) is 44.2 Å². The van der Waals surface area contributed by atoms with Crippen molar-refractivity contribution >= 4 is 23.9 Å². The first-order valence-electron chi connectivity index (χ1n) is 12.2. The second-order valence-corrected chi connectivity index (χ2v) is 10.5. The van der Waals surface area contributed by atoms with Gasteiger partial charge in [0.2, 0.25) is 11.8 Å². The Hall–Kier alpha value is -3.10. The predicted molar refractivity (Wildman–Crippen MR) is 132 cm³/mol. The van der Waals surface area contributed by atoms with E-state index >= 15 is 0 Å². The van der Waals surface area contributed by atoms with Gasteiger partial charge in [0.05, 0.1) is 0 Å². The monoisotopic (exact) mass is 489 g/mol. The number of carbonyl (C=O) groups is 4. The van der Waals surface area contributed by atoms with Crippen LogP contribution in [-0.2, 0) is 25.5 Å². The number of likely N-dealkylation sites (tertiary alicyclic amines) is 1. The maximum Gasteiger partial charge on any atom is 0.408 e. The number of hydrogen-bond acceptors (Lipinski definition) is 5. The second-order valence-electron chi connectivity index (χ2n) is 10.5. The average molecular weight is 490 g/mol. The van der Waals surface area contributed by atoms with Crippen LogP contribution in [0.3, 0.4) is 0 Å². The van der Waals surface area contributed by atoms with Gasteiger partial charge in [0.15, 0.2) is 0 Å². The van der Waals surface area contributed by atoms with Gasteiger partial charge in [-0.15, -0.1) is 0 Å². The zero-order chi connectivity index (χ0) is 26.2. The summed E-state index contributed by atoms with van der Waals surface area (Å²) in [7, 11) is 0. The lowest BCUT2D eigenvalue weighted by Gasteiger charge is -2.34. The zero-order valence-corrected chi connectivity index (χ0v) is 21.4. The number of carboxylic acids is 1. The van der Waals surface area contributed by atoms with Gasteiger partial charge in [0.25, 0.3) is 0 Å². The highest BCUT2D eigenvalue weighted by Gasteiger charge is 2.34. The van der Waals surface area contributed by atoms with Crippen LogP contribution in [0.4, 0.5) is 4.79 Å². The maximum atomic E-state index is 13.2. The SMILES string of the molecule is CC(C)C[C@H](NC(=O)OC(C)(C)C)C(=O)N1CCC(C(=O)N[C@H](Cc2ccccc2)C(=O)O)CC1. The molecule has 3 N–H and O–H groups in total. The molecule has 0 aromatic heterocycles. The Morgan fingerprint density at radius 3 is 2.14 bits per heavy atom. The van der Waals surface area contributed by atoms with E-state index in [-0.39, 0.29) is 30.1 Å². The molecule has 1 aliphatic rings. The minimum Gasteiger partial charge on any atom is -0.480 e. The minimum absolute atomic E-state index is 0.180. The molecule has 9 heteroatoms. The summed E-state index contributed by atoms with van der Waals surface area (Å²) in [6.07, 6.45) is 0.889. The Labute approximate surface area is 207 Å². The smallest absolute Gasteiger partial charge is 0.408 e. The van der Waals surface area contributed by atoms with Crippen molar-refractivity contribution in [3.63, 3.8) is 0 Å². The van der Waals surface area contributed by atoms with Crippen LogP contribution in [0.25, 0.3) is 0 Å². The molecular formula is C26H39N3O6. The highest BCUT2D eigenvalue weighted by molar-refractivity contribution is 5.87. The summed E-state index contributed by atoms with van der Waals surface area (Å²) >= 11 is 0. The van der Waals surface area contributed by atoms with Crippen LogP contribution < -0.4 is 10.6 Å². The summed E-state index contributed by atoms with van der Waals surface area (Å²) in [5.74, 6) is -1.79. The van der Waals surface area contributed by atoms with Gasteiger partial charge in [-0.25, -0.2) is 9.59 Å². The van der Waals surface area contributed by atoms with Crippen molar-refractivity contribution in [3.8, 4) is 0 Å². The molecule has 0 spiro atoms. The second kappa shape index (κ2) is 12.6. The van der Waals surface area contributed by atoms with Crippen molar-refractivity contribution in [1.82, 2.24) is 15.5 Å². The lowest BCUT2D eigenvalue weighted by Crippen LogP contribution is -2.53. The Balaban J connectivity index is 1.93. The van der Waals surface area contributed by atoms with Crippen LogP contribution in [0.5, 0.6) is 0 Å². The molecule has 2 atom stereocenters. The number of nitrogens with zero attached hydrogens (tertiary/aromatic N) is 1. The van der Waals surface area contributed by atoms with E-state index in [4.69, 9.17) is 4.74 Å². The number of rotatable bonds is 9. The number of hydrogen-bond donors (Lipinski definition) is 3. The number of alkyl carbamates (subject to hydrolysis) is 1. The number of carboxylic acid groups (broad SMARTS) is 1. The molecule has 1 aromatic carbocycles. The summed E-state index contributed by atoms with van der Waals surface area (Å²) in [6, 6.07) is 7.42. The van der Waals surface area contributed by atoms with Crippen LogP contribution in [0.1, 0.15) is 59.4 Å². The Morgan fingerprint density at radius 2 is 1.63 bits per heavy atom. The van der Waals surface area contributed by atoms with Gasteiger partial charge in [-0.3, -0.25) is 9.59 Å². The number of piperidine rings is 1. The van der Waals surface area contributed by atoms with Gasteiger partial charge in [-0.2, -0.15) is 0 Å². The number of benzene rings is 1. The molecule has 35 heavy (non-hydrogen) atoms. The standard InChI is InChI=1S/C26H39N3O6/c1-17(2)15-20(28-25(34)35-26(3,4)5)23(31)29-13-11-19(12-14-29)22(30)27-21(24(32)33)16-18-9-7-6-8-10-18/h6-10,17,19-21H,11-16H2,1-5H3,(H,27,30)(H,28,34)(H,32,33)/t20-,21+/m0/s1. The van der Waals surface area contributed by atoms with Crippen LogP contribution in [-0.4, -0.2) is 64.7 Å². The number of aliphatic carboxylic acids is 1. The molecule has 1 aromatic rings. The zero-order valence-electron chi connectivity index (χ0n) is 21.4. The first-order valence-corrected chi connectivity index (χ1v) is 12.2. The highest BCUT2D eigenvalue weighted by atomic mass is 16.6. The number of nitrogens with one attached hydrogen (secondary N) is 2. The van der Waals surface area contributed by atoms with E-state index in [0.29, 0.717) is 32.4 Å². The Kier molecular flexibility index (Phi) is 10.1. The Morgan fingerprint density at radius 1 is 1.03 bits per heavy atom. The van der Waals surface area contributed by atoms with Crippen LogP contribution in [0.15, 0.2) is 30.3 Å². The van der Waals surface area contributed by atoms with Crippen LogP contribution in [0.2, 0.25) is 0 Å². The van der Waals surface area contributed by atoms with E-state index in [1.807, 2.05) is 44.2 Å². The summed E-state index contributed by atoms with van der Waals surface area (Å²) < 4.78 is 5.31. The van der Waals surface area contributed by atoms with Crippen molar-refractivity contribution in [2.24, 2.45) is 11.8 Å². The van der Waals surface area contributed by atoms with Crippen LogP contribution in [0, 0.1) is 11.8 Å². The molecule has 1 fully saturated rings. The summed E-state index contributed by atoms with van der Waals surface area (Å²) in [5, 5.41) is 14.9. The van der Waals surface area contributed by atoms with E-state index in [1.165, 1.54) is 0 Å². The lowest BCUT2D eigenvalue weighted by molar-refractivity contribution is -0.143. The fraction of sp³-hybridized carbons (Fsp3) is 0.615. The third-order valence-electron chi connectivity index (χ3n) is 5.77. The number of ether oxygens (including phenoxy) is 1. The molecule has 9 nitrogen and oxygen atoms in total. The van der Waals surface area contributed by atoms with Gasteiger partial charge < -0.3 is 25.4 Å². The third kappa shape index (κ3) is 9.58. The highest BCUT2D eigenvalue weighted by Crippen LogP contribution is 2.20. The van der Waals surface area contributed by atoms with Gasteiger partial charge >= 0.3 is 12.1 Å². The predicted octanol–water partition coefficient (Wildman–Crippen LogP) is 2.98.